The van der Waals surface area contributed by atoms with Crippen molar-refractivity contribution in [1.82, 2.24) is 25.2 Å². The highest BCUT2D eigenvalue weighted by Crippen LogP contribution is 2.37. The third-order valence-corrected chi connectivity index (χ3v) is 7.63. The molecule has 3 aliphatic rings. The molecule has 0 spiro atoms. The minimum Gasteiger partial charge on any atom is -0.467 e. The molecule has 3 saturated heterocycles. The van der Waals surface area contributed by atoms with E-state index in [-0.39, 0.29) is 28.2 Å². The van der Waals surface area contributed by atoms with E-state index in [1.54, 1.807) is 24.4 Å². The number of benzene rings is 2. The highest BCUT2D eigenvalue weighted by molar-refractivity contribution is 6.01. The van der Waals surface area contributed by atoms with Crippen molar-refractivity contribution >= 4 is 33.2 Å². The van der Waals surface area contributed by atoms with E-state index in [2.05, 4.69) is 37.1 Å². The monoisotopic (exact) mass is 519 g/mol. The number of ether oxygens (including phenoxy) is 1. The van der Waals surface area contributed by atoms with Gasteiger partial charge in [0.2, 0.25) is 0 Å². The van der Waals surface area contributed by atoms with Gasteiger partial charge in [-0.1, -0.05) is 12.1 Å². The second kappa shape index (κ2) is 9.92. The topological polar surface area (TPSA) is 92.4 Å². The highest BCUT2D eigenvalue weighted by Gasteiger charge is 2.34. The number of hydrogen-bond acceptors (Lipinski definition) is 8. The maximum absolute atomic E-state index is 16.0. The molecule has 8 nitrogen and oxygen atoms in total. The highest BCUT2D eigenvalue weighted by atomic mass is 19.1. The zero-order valence-corrected chi connectivity index (χ0v) is 21.5. The van der Waals surface area contributed by atoms with Crippen LogP contribution in [0.3, 0.4) is 0 Å². The van der Waals surface area contributed by atoms with E-state index < -0.39 is 11.6 Å². The number of rotatable bonds is 3. The molecule has 2 aromatic heterocycles. The molecule has 2 bridgehead atoms. The molecule has 38 heavy (non-hydrogen) atoms. The predicted octanol–water partition coefficient (Wildman–Crippen LogP) is 3.98. The standard InChI is InChI=1S/C24H22F2N6O.C4H9N/c1-33-24-30-22-17(23(31-24)32-10-14-5-6-15(11-32)29-14)9-28-21(20(22)26)16-8-13(27)7-12-3-2-4-18(25)19(12)16;1-5-3-2-4-5/h2-4,7-9,14-15,29H,5-6,10-11,27H2,1H3;2-4H2,1H3. The zero-order valence-electron chi connectivity index (χ0n) is 21.5. The molecule has 2 atom stereocenters. The van der Waals surface area contributed by atoms with Crippen LogP contribution in [0, 0.1) is 11.6 Å². The average Bonchev–Trinajstić information content (AvgIpc) is 3.24. The summed E-state index contributed by atoms with van der Waals surface area (Å²) >= 11 is 0. The number of nitrogens with two attached hydrogens (primary N) is 1. The Kier molecular flexibility index (Phi) is 6.45. The summed E-state index contributed by atoms with van der Waals surface area (Å²) in [5.74, 6) is -0.541. The number of methoxy groups -OCH3 is 1. The van der Waals surface area contributed by atoms with Crippen LogP contribution < -0.4 is 20.7 Å². The number of pyridine rings is 1. The van der Waals surface area contributed by atoms with Crippen molar-refractivity contribution in [1.29, 1.82) is 0 Å². The van der Waals surface area contributed by atoms with E-state index in [4.69, 9.17) is 10.5 Å². The van der Waals surface area contributed by atoms with Gasteiger partial charge in [0.1, 0.15) is 22.8 Å². The maximum Gasteiger partial charge on any atom is 0.318 e. The Labute approximate surface area is 219 Å². The van der Waals surface area contributed by atoms with Crippen molar-refractivity contribution in [2.75, 3.05) is 51.0 Å². The first-order valence-corrected chi connectivity index (χ1v) is 13.0. The Morgan fingerprint density at radius 3 is 2.47 bits per heavy atom. The minimum atomic E-state index is -0.664. The Bertz CT molecular complexity index is 1500. The van der Waals surface area contributed by atoms with Crippen molar-refractivity contribution in [2.45, 2.75) is 31.3 Å². The van der Waals surface area contributed by atoms with Gasteiger partial charge in [-0.05, 0) is 63.0 Å². The van der Waals surface area contributed by atoms with Gasteiger partial charge in [-0.15, -0.1) is 0 Å². The number of nitrogens with one attached hydrogen (secondary N) is 1. The predicted molar refractivity (Wildman–Crippen MR) is 145 cm³/mol. The Morgan fingerprint density at radius 2 is 1.82 bits per heavy atom. The molecule has 3 aliphatic heterocycles. The number of likely N-dealkylation sites (tertiary alicyclic amines) is 1. The van der Waals surface area contributed by atoms with E-state index in [0.29, 0.717) is 34.4 Å². The molecular formula is C28H31F2N7O. The fourth-order valence-electron chi connectivity index (χ4n) is 5.58. The van der Waals surface area contributed by atoms with Crippen molar-refractivity contribution in [3.05, 3.63) is 48.2 Å². The molecule has 0 aliphatic carbocycles. The third-order valence-electron chi connectivity index (χ3n) is 7.63. The van der Waals surface area contributed by atoms with E-state index in [0.717, 1.165) is 25.9 Å². The lowest BCUT2D eigenvalue weighted by atomic mass is 9.99. The number of halogens is 2. The fraction of sp³-hybridized carbons (Fsp3) is 0.393. The first-order chi connectivity index (χ1) is 18.4. The van der Waals surface area contributed by atoms with Gasteiger partial charge < -0.3 is 25.6 Å². The molecule has 3 N–H and O–H groups in total. The molecule has 198 valence electrons. The Balaban J connectivity index is 0.000000476. The van der Waals surface area contributed by atoms with Crippen LogP contribution in [0.25, 0.3) is 32.9 Å². The van der Waals surface area contributed by atoms with Gasteiger partial charge in [0, 0.05) is 48.0 Å². The number of nitrogens with zero attached hydrogens (tertiary/aromatic N) is 5. The van der Waals surface area contributed by atoms with Gasteiger partial charge in [0.25, 0.3) is 0 Å². The molecular weight excluding hydrogens is 488 g/mol. The van der Waals surface area contributed by atoms with Crippen molar-refractivity contribution in [3.8, 4) is 17.3 Å². The SMILES string of the molecule is CN1CCC1.COc1nc(N2CC3CCC(C2)N3)c2cnc(-c3cc(N)cc4cccc(F)c34)c(F)c2n1. The van der Waals surface area contributed by atoms with E-state index in [1.165, 1.54) is 38.8 Å². The Hall–Kier alpha value is -3.63. The van der Waals surface area contributed by atoms with Crippen LogP contribution in [-0.4, -0.2) is 72.3 Å². The van der Waals surface area contributed by atoms with E-state index >= 15 is 4.39 Å². The van der Waals surface area contributed by atoms with Crippen LogP contribution in [0.15, 0.2) is 36.5 Å². The first-order valence-electron chi connectivity index (χ1n) is 13.0. The largest absolute Gasteiger partial charge is 0.467 e. The molecule has 2 unspecified atom stereocenters. The number of hydrogen-bond donors (Lipinski definition) is 2. The van der Waals surface area contributed by atoms with Gasteiger partial charge in [-0.2, -0.15) is 9.97 Å². The van der Waals surface area contributed by atoms with Crippen LogP contribution in [0.4, 0.5) is 20.3 Å². The van der Waals surface area contributed by atoms with Crippen molar-refractivity contribution in [2.24, 2.45) is 0 Å². The second-order valence-corrected chi connectivity index (χ2v) is 10.3. The lowest BCUT2D eigenvalue weighted by Crippen LogP contribution is -2.51. The molecule has 0 radical (unpaired) electrons. The number of aromatic nitrogens is 3. The van der Waals surface area contributed by atoms with Crippen molar-refractivity contribution < 1.29 is 13.5 Å². The molecule has 10 heteroatoms. The quantitative estimate of drug-likeness (QED) is 0.393. The lowest BCUT2D eigenvalue weighted by Gasteiger charge is -2.34. The number of piperazine rings is 1. The molecule has 5 heterocycles. The molecule has 7 rings (SSSR count). The van der Waals surface area contributed by atoms with Gasteiger partial charge in [0.15, 0.2) is 5.82 Å². The van der Waals surface area contributed by atoms with Gasteiger partial charge in [-0.3, -0.25) is 4.98 Å². The summed E-state index contributed by atoms with van der Waals surface area (Å²) < 4.78 is 36.0. The first kappa shape index (κ1) is 24.7. The van der Waals surface area contributed by atoms with Crippen LogP contribution in [-0.2, 0) is 0 Å². The zero-order chi connectivity index (χ0) is 26.4. The smallest absolute Gasteiger partial charge is 0.318 e. The summed E-state index contributed by atoms with van der Waals surface area (Å²) in [5.41, 5.74) is 6.78. The summed E-state index contributed by atoms with van der Waals surface area (Å²) in [6.07, 6.45) is 5.18. The van der Waals surface area contributed by atoms with Gasteiger partial charge >= 0.3 is 6.01 Å². The van der Waals surface area contributed by atoms with Gasteiger partial charge in [-0.25, -0.2) is 8.78 Å². The second-order valence-electron chi connectivity index (χ2n) is 10.3. The normalized spacial score (nSPS) is 20.8. The van der Waals surface area contributed by atoms with Crippen molar-refractivity contribution in [3.63, 3.8) is 0 Å². The summed E-state index contributed by atoms with van der Waals surface area (Å²) in [6.45, 7) is 4.17. The number of nitrogen functional groups attached to an aromatic ring is 1. The van der Waals surface area contributed by atoms with Crippen LogP contribution in [0.1, 0.15) is 19.3 Å². The fourth-order valence-corrected chi connectivity index (χ4v) is 5.58. The van der Waals surface area contributed by atoms with E-state index in [9.17, 15) is 4.39 Å². The number of fused-ring (bicyclic) bond motifs is 4. The average molecular weight is 520 g/mol. The summed E-state index contributed by atoms with van der Waals surface area (Å²) in [7, 11) is 3.59. The molecule has 2 aromatic carbocycles. The van der Waals surface area contributed by atoms with Crippen LogP contribution in [0.2, 0.25) is 0 Å². The summed E-state index contributed by atoms with van der Waals surface area (Å²) in [4.78, 5) is 17.7. The van der Waals surface area contributed by atoms with Crippen LogP contribution >= 0.6 is 0 Å². The molecule has 3 fully saturated rings. The Morgan fingerprint density at radius 1 is 1.08 bits per heavy atom. The molecule has 4 aromatic rings. The minimum absolute atomic E-state index is 0.0167. The lowest BCUT2D eigenvalue weighted by molar-refractivity contribution is 0.229. The third kappa shape index (κ3) is 4.48. The van der Waals surface area contributed by atoms with E-state index in [1.807, 2.05) is 0 Å². The molecule has 0 saturated carbocycles. The summed E-state index contributed by atoms with van der Waals surface area (Å²) in [5, 5.41) is 4.91. The maximum atomic E-state index is 16.0. The van der Waals surface area contributed by atoms with Gasteiger partial charge in [0.05, 0.1) is 12.5 Å². The molecule has 0 amide bonds. The summed E-state index contributed by atoms with van der Waals surface area (Å²) in [6, 6.07) is 8.68. The number of anilines is 2. The van der Waals surface area contributed by atoms with Crippen LogP contribution in [0.5, 0.6) is 6.01 Å².